The third kappa shape index (κ3) is 2.65. The Morgan fingerprint density at radius 2 is 1.61 bits per heavy atom. The van der Waals surface area contributed by atoms with Gasteiger partial charge in [0.1, 0.15) is 11.6 Å². The third-order valence-electron chi connectivity index (χ3n) is 2.71. The Kier molecular flexibility index (Phi) is 3.88. The first-order valence-electron chi connectivity index (χ1n) is 5.34. The zero-order valence-corrected chi connectivity index (χ0v) is 11.1. The Balaban J connectivity index is 2.42. The molecule has 0 amide bonds. The molecule has 0 nitrogen and oxygen atoms in total. The van der Waals surface area contributed by atoms with Crippen molar-refractivity contribution in [2.45, 2.75) is 12.3 Å². The molecule has 0 aliphatic carbocycles. The highest BCUT2D eigenvalue weighted by molar-refractivity contribution is 6.30. The molecule has 94 valence electrons. The predicted molar refractivity (Wildman–Crippen MR) is 70.2 cm³/mol. The molecule has 4 heteroatoms. The standard InChI is InChI=1S/C14H10Cl2F2/c1-8-6-13(18)11(7-12(8)17)14(16)9-2-4-10(15)5-3-9/h2-7,14H,1H3. The van der Waals surface area contributed by atoms with Crippen LogP contribution < -0.4 is 0 Å². The van der Waals surface area contributed by atoms with Crippen molar-refractivity contribution in [3.63, 3.8) is 0 Å². The molecule has 2 aromatic rings. The highest BCUT2D eigenvalue weighted by Gasteiger charge is 2.17. The van der Waals surface area contributed by atoms with E-state index in [1.165, 1.54) is 6.92 Å². The van der Waals surface area contributed by atoms with Gasteiger partial charge in [0, 0.05) is 10.6 Å². The number of hydrogen-bond acceptors (Lipinski definition) is 0. The van der Waals surface area contributed by atoms with Gasteiger partial charge in [-0.05, 0) is 42.3 Å². The Morgan fingerprint density at radius 3 is 2.22 bits per heavy atom. The van der Waals surface area contributed by atoms with Crippen molar-refractivity contribution in [2.24, 2.45) is 0 Å². The number of benzene rings is 2. The van der Waals surface area contributed by atoms with E-state index in [1.807, 2.05) is 0 Å². The first kappa shape index (κ1) is 13.3. The Labute approximate surface area is 114 Å². The fraction of sp³-hybridized carbons (Fsp3) is 0.143. The van der Waals surface area contributed by atoms with Gasteiger partial charge in [-0.25, -0.2) is 8.78 Å². The van der Waals surface area contributed by atoms with Crippen LogP contribution in [0.25, 0.3) is 0 Å². The zero-order valence-electron chi connectivity index (χ0n) is 9.55. The molecule has 1 atom stereocenters. The molecule has 2 rings (SSSR count). The topological polar surface area (TPSA) is 0 Å². The van der Waals surface area contributed by atoms with Crippen LogP contribution in [0.1, 0.15) is 22.1 Å². The van der Waals surface area contributed by atoms with Gasteiger partial charge >= 0.3 is 0 Å². The van der Waals surface area contributed by atoms with E-state index in [0.29, 0.717) is 10.6 Å². The summed E-state index contributed by atoms with van der Waals surface area (Å²) in [4.78, 5) is 0. The molecular formula is C14H10Cl2F2. The highest BCUT2D eigenvalue weighted by atomic mass is 35.5. The summed E-state index contributed by atoms with van der Waals surface area (Å²) in [6, 6.07) is 8.99. The molecular weight excluding hydrogens is 277 g/mol. The van der Waals surface area contributed by atoms with Crippen LogP contribution in [0, 0.1) is 18.6 Å². The maximum atomic E-state index is 13.8. The lowest BCUT2D eigenvalue weighted by Gasteiger charge is -2.12. The summed E-state index contributed by atoms with van der Waals surface area (Å²) in [5.41, 5.74) is 1.06. The van der Waals surface area contributed by atoms with Gasteiger partial charge in [0.2, 0.25) is 0 Å². The van der Waals surface area contributed by atoms with Crippen molar-refractivity contribution in [1.29, 1.82) is 0 Å². The van der Waals surface area contributed by atoms with Crippen LogP contribution in [0.5, 0.6) is 0 Å². The molecule has 0 heterocycles. The van der Waals surface area contributed by atoms with E-state index in [0.717, 1.165) is 12.1 Å². The first-order chi connectivity index (χ1) is 8.49. The smallest absolute Gasteiger partial charge is 0.128 e. The van der Waals surface area contributed by atoms with Crippen LogP contribution in [0.2, 0.25) is 5.02 Å². The molecule has 0 aromatic heterocycles. The average Bonchev–Trinajstić information content (AvgIpc) is 2.34. The van der Waals surface area contributed by atoms with Gasteiger partial charge in [-0.15, -0.1) is 11.6 Å². The van der Waals surface area contributed by atoms with Gasteiger partial charge in [0.25, 0.3) is 0 Å². The lowest BCUT2D eigenvalue weighted by molar-refractivity contribution is 0.580. The van der Waals surface area contributed by atoms with Crippen molar-refractivity contribution < 1.29 is 8.78 Å². The minimum Gasteiger partial charge on any atom is -0.207 e. The molecule has 0 fully saturated rings. The Hall–Kier alpha value is -1.12. The summed E-state index contributed by atoms with van der Waals surface area (Å²) in [6.45, 7) is 1.51. The first-order valence-corrected chi connectivity index (χ1v) is 6.15. The highest BCUT2D eigenvalue weighted by Crippen LogP contribution is 2.32. The van der Waals surface area contributed by atoms with Crippen molar-refractivity contribution >= 4 is 23.2 Å². The van der Waals surface area contributed by atoms with Crippen LogP contribution in [0.15, 0.2) is 36.4 Å². The Morgan fingerprint density at radius 1 is 1.00 bits per heavy atom. The second kappa shape index (κ2) is 5.25. The number of rotatable bonds is 2. The number of hydrogen-bond donors (Lipinski definition) is 0. The molecule has 0 saturated heterocycles. The van der Waals surface area contributed by atoms with E-state index in [2.05, 4.69) is 0 Å². The lowest BCUT2D eigenvalue weighted by Crippen LogP contribution is -1.99. The lowest BCUT2D eigenvalue weighted by atomic mass is 10.0. The molecule has 0 saturated carbocycles. The van der Waals surface area contributed by atoms with Crippen molar-refractivity contribution in [3.05, 3.63) is 69.7 Å². The molecule has 18 heavy (non-hydrogen) atoms. The normalized spacial score (nSPS) is 12.5. The molecule has 0 aliphatic rings. The largest absolute Gasteiger partial charge is 0.207 e. The van der Waals surface area contributed by atoms with Crippen LogP contribution in [-0.4, -0.2) is 0 Å². The van der Waals surface area contributed by atoms with E-state index in [1.54, 1.807) is 24.3 Å². The van der Waals surface area contributed by atoms with Gasteiger partial charge < -0.3 is 0 Å². The summed E-state index contributed by atoms with van der Waals surface area (Å²) in [6.07, 6.45) is 0. The number of halogens is 4. The molecule has 0 N–H and O–H groups in total. The average molecular weight is 287 g/mol. The van der Waals surface area contributed by atoms with Crippen LogP contribution in [-0.2, 0) is 0 Å². The minimum atomic E-state index is -0.739. The molecule has 0 radical (unpaired) electrons. The van der Waals surface area contributed by atoms with E-state index in [9.17, 15) is 8.78 Å². The molecule has 0 spiro atoms. The maximum absolute atomic E-state index is 13.8. The zero-order chi connectivity index (χ0) is 13.3. The van der Waals surface area contributed by atoms with E-state index < -0.39 is 17.0 Å². The van der Waals surface area contributed by atoms with Crippen molar-refractivity contribution in [1.82, 2.24) is 0 Å². The van der Waals surface area contributed by atoms with Gasteiger partial charge in [0.15, 0.2) is 0 Å². The summed E-state index contributed by atoms with van der Waals surface area (Å²) in [5, 5.41) is -0.171. The summed E-state index contributed by atoms with van der Waals surface area (Å²) >= 11 is 11.9. The SMILES string of the molecule is Cc1cc(F)c(C(Cl)c2ccc(Cl)cc2)cc1F. The van der Waals surface area contributed by atoms with Crippen molar-refractivity contribution in [3.8, 4) is 0 Å². The number of aryl methyl sites for hydroxylation is 1. The van der Waals surface area contributed by atoms with Gasteiger partial charge in [0.05, 0.1) is 5.38 Å². The quantitative estimate of drug-likeness (QED) is 0.661. The van der Waals surface area contributed by atoms with E-state index >= 15 is 0 Å². The van der Waals surface area contributed by atoms with Gasteiger partial charge in [-0.3, -0.25) is 0 Å². The fourth-order valence-corrected chi connectivity index (χ4v) is 2.11. The van der Waals surface area contributed by atoms with Crippen LogP contribution in [0.4, 0.5) is 8.78 Å². The van der Waals surface area contributed by atoms with Crippen LogP contribution >= 0.6 is 23.2 Å². The second-order valence-corrected chi connectivity index (χ2v) is 4.91. The van der Waals surface area contributed by atoms with E-state index in [4.69, 9.17) is 23.2 Å². The second-order valence-electron chi connectivity index (χ2n) is 4.04. The maximum Gasteiger partial charge on any atom is 0.128 e. The van der Waals surface area contributed by atoms with Crippen LogP contribution in [0.3, 0.4) is 0 Å². The predicted octanol–water partition coefficient (Wildman–Crippen LogP) is 5.25. The van der Waals surface area contributed by atoms with Gasteiger partial charge in [-0.2, -0.15) is 0 Å². The minimum absolute atomic E-state index is 0.127. The molecule has 0 aliphatic heterocycles. The molecule has 2 aromatic carbocycles. The third-order valence-corrected chi connectivity index (χ3v) is 3.45. The Bertz CT molecular complexity index is 565. The number of alkyl halides is 1. The monoisotopic (exact) mass is 286 g/mol. The molecule has 1 unspecified atom stereocenters. The summed E-state index contributed by atoms with van der Waals surface area (Å²) in [5.74, 6) is -0.977. The molecule has 0 bridgehead atoms. The summed E-state index contributed by atoms with van der Waals surface area (Å²) in [7, 11) is 0. The van der Waals surface area contributed by atoms with E-state index in [-0.39, 0.29) is 11.1 Å². The fourth-order valence-electron chi connectivity index (χ4n) is 1.67. The van der Waals surface area contributed by atoms with Gasteiger partial charge in [-0.1, -0.05) is 23.7 Å². The summed E-state index contributed by atoms with van der Waals surface area (Å²) < 4.78 is 27.2. The van der Waals surface area contributed by atoms with Crippen molar-refractivity contribution in [2.75, 3.05) is 0 Å².